The average Bonchev–Trinajstić information content (AvgIpc) is 2.81. The second-order valence-corrected chi connectivity index (χ2v) is 5.51. The van der Waals surface area contributed by atoms with Crippen LogP contribution in [0.1, 0.15) is 23.7 Å². The molecule has 0 spiro atoms. The SMILES string of the molecule is CC(Nc1cc(Br)cc(C(=O)O)c1)C1CCOC1. The minimum absolute atomic E-state index is 0.267. The van der Waals surface area contributed by atoms with Crippen LogP contribution < -0.4 is 5.32 Å². The molecule has 0 bridgehead atoms. The number of benzene rings is 1. The molecule has 0 aliphatic carbocycles. The van der Waals surface area contributed by atoms with Crippen molar-refractivity contribution in [2.45, 2.75) is 19.4 Å². The van der Waals surface area contributed by atoms with Crippen LogP contribution in [0.5, 0.6) is 0 Å². The van der Waals surface area contributed by atoms with Gasteiger partial charge >= 0.3 is 5.97 Å². The highest BCUT2D eigenvalue weighted by molar-refractivity contribution is 9.10. The van der Waals surface area contributed by atoms with E-state index in [9.17, 15) is 4.79 Å². The van der Waals surface area contributed by atoms with E-state index in [4.69, 9.17) is 9.84 Å². The van der Waals surface area contributed by atoms with Gasteiger partial charge in [0.2, 0.25) is 0 Å². The van der Waals surface area contributed by atoms with Crippen molar-refractivity contribution in [3.63, 3.8) is 0 Å². The van der Waals surface area contributed by atoms with Gasteiger partial charge in [0.05, 0.1) is 12.2 Å². The van der Waals surface area contributed by atoms with Crippen molar-refractivity contribution in [2.75, 3.05) is 18.5 Å². The summed E-state index contributed by atoms with van der Waals surface area (Å²) < 4.78 is 6.12. The van der Waals surface area contributed by atoms with E-state index in [1.54, 1.807) is 12.1 Å². The highest BCUT2D eigenvalue weighted by atomic mass is 79.9. The van der Waals surface area contributed by atoms with Gasteiger partial charge in [0.25, 0.3) is 0 Å². The number of carbonyl (C=O) groups is 1. The van der Waals surface area contributed by atoms with Gasteiger partial charge in [0, 0.05) is 28.7 Å². The third-order valence-electron chi connectivity index (χ3n) is 3.21. The van der Waals surface area contributed by atoms with Gasteiger partial charge in [-0.05, 0) is 31.5 Å². The third-order valence-corrected chi connectivity index (χ3v) is 3.67. The summed E-state index contributed by atoms with van der Waals surface area (Å²) in [5.74, 6) is -0.437. The van der Waals surface area contributed by atoms with Crippen molar-refractivity contribution in [1.82, 2.24) is 0 Å². The Labute approximate surface area is 114 Å². The van der Waals surface area contributed by atoms with E-state index < -0.39 is 5.97 Å². The predicted molar refractivity (Wildman–Crippen MR) is 73.1 cm³/mol. The summed E-state index contributed by atoms with van der Waals surface area (Å²) in [7, 11) is 0. The second-order valence-electron chi connectivity index (χ2n) is 4.59. The van der Waals surface area contributed by atoms with E-state index in [0.29, 0.717) is 5.92 Å². The molecule has 2 unspecified atom stereocenters. The average molecular weight is 314 g/mol. The number of hydrogen-bond donors (Lipinski definition) is 2. The molecular weight excluding hydrogens is 298 g/mol. The maximum Gasteiger partial charge on any atom is 0.335 e. The highest BCUT2D eigenvalue weighted by Gasteiger charge is 2.22. The van der Waals surface area contributed by atoms with Crippen LogP contribution in [0.4, 0.5) is 5.69 Å². The largest absolute Gasteiger partial charge is 0.478 e. The van der Waals surface area contributed by atoms with Gasteiger partial charge in [0.1, 0.15) is 0 Å². The van der Waals surface area contributed by atoms with Crippen molar-refractivity contribution in [1.29, 1.82) is 0 Å². The van der Waals surface area contributed by atoms with E-state index >= 15 is 0 Å². The zero-order valence-corrected chi connectivity index (χ0v) is 11.7. The second kappa shape index (κ2) is 5.71. The Morgan fingerprint density at radius 2 is 2.33 bits per heavy atom. The molecule has 98 valence electrons. The lowest BCUT2D eigenvalue weighted by Gasteiger charge is -2.20. The molecule has 5 heteroatoms. The molecule has 0 amide bonds. The molecule has 1 saturated heterocycles. The summed E-state index contributed by atoms with van der Waals surface area (Å²) >= 11 is 3.33. The summed E-state index contributed by atoms with van der Waals surface area (Å²) in [4.78, 5) is 11.0. The van der Waals surface area contributed by atoms with Gasteiger partial charge < -0.3 is 15.2 Å². The molecule has 1 aliphatic heterocycles. The summed E-state index contributed by atoms with van der Waals surface area (Å²) in [6.45, 7) is 3.68. The Kier molecular flexibility index (Phi) is 4.24. The van der Waals surface area contributed by atoms with E-state index in [0.717, 1.165) is 29.8 Å². The lowest BCUT2D eigenvalue weighted by atomic mass is 10.0. The fourth-order valence-corrected chi connectivity index (χ4v) is 2.62. The summed E-state index contributed by atoms with van der Waals surface area (Å²) in [5, 5.41) is 12.4. The summed E-state index contributed by atoms with van der Waals surface area (Å²) in [6.07, 6.45) is 1.05. The molecule has 1 aromatic carbocycles. The molecule has 0 saturated carbocycles. The molecule has 0 aromatic heterocycles. The topological polar surface area (TPSA) is 58.6 Å². The van der Waals surface area contributed by atoms with Crippen molar-refractivity contribution < 1.29 is 14.6 Å². The number of hydrogen-bond acceptors (Lipinski definition) is 3. The molecule has 1 fully saturated rings. The van der Waals surface area contributed by atoms with Crippen LogP contribution in [0.3, 0.4) is 0 Å². The van der Waals surface area contributed by atoms with Gasteiger partial charge in [-0.2, -0.15) is 0 Å². The number of halogens is 1. The van der Waals surface area contributed by atoms with Gasteiger partial charge in [-0.15, -0.1) is 0 Å². The molecule has 2 N–H and O–H groups in total. The lowest BCUT2D eigenvalue weighted by molar-refractivity contribution is 0.0697. The number of carboxylic acid groups (broad SMARTS) is 1. The first kappa shape index (κ1) is 13.4. The van der Waals surface area contributed by atoms with Crippen molar-refractivity contribution in [3.05, 3.63) is 28.2 Å². The number of carboxylic acids is 1. The van der Waals surface area contributed by atoms with Crippen LogP contribution >= 0.6 is 15.9 Å². The zero-order chi connectivity index (χ0) is 13.1. The number of anilines is 1. The van der Waals surface area contributed by atoms with Crippen LogP contribution in [0.15, 0.2) is 22.7 Å². The van der Waals surface area contributed by atoms with Crippen LogP contribution in [0.2, 0.25) is 0 Å². The molecule has 2 atom stereocenters. The van der Waals surface area contributed by atoms with Crippen molar-refractivity contribution >= 4 is 27.6 Å². The fraction of sp³-hybridized carbons (Fsp3) is 0.462. The number of nitrogens with one attached hydrogen (secondary N) is 1. The molecule has 2 rings (SSSR count). The maximum atomic E-state index is 11.0. The standard InChI is InChI=1S/C13H16BrNO3/c1-8(9-2-3-18-7-9)15-12-5-10(13(16)17)4-11(14)6-12/h4-6,8-9,15H,2-3,7H2,1H3,(H,16,17). The molecule has 4 nitrogen and oxygen atoms in total. The Morgan fingerprint density at radius 1 is 1.56 bits per heavy atom. The molecular formula is C13H16BrNO3. The van der Waals surface area contributed by atoms with E-state index in [2.05, 4.69) is 28.2 Å². The van der Waals surface area contributed by atoms with E-state index in [1.807, 2.05) is 6.07 Å². The van der Waals surface area contributed by atoms with Gasteiger partial charge in [-0.1, -0.05) is 15.9 Å². The Bertz CT molecular complexity index is 444. The Morgan fingerprint density at radius 3 is 2.94 bits per heavy atom. The Balaban J connectivity index is 2.10. The first-order valence-electron chi connectivity index (χ1n) is 5.94. The van der Waals surface area contributed by atoms with E-state index in [-0.39, 0.29) is 11.6 Å². The van der Waals surface area contributed by atoms with Crippen LogP contribution in [0, 0.1) is 5.92 Å². The summed E-state index contributed by atoms with van der Waals surface area (Å²) in [6, 6.07) is 5.40. The predicted octanol–water partition coefficient (Wildman–Crippen LogP) is 2.98. The number of rotatable bonds is 4. The molecule has 1 aromatic rings. The Hall–Kier alpha value is -1.07. The van der Waals surface area contributed by atoms with Crippen LogP contribution in [-0.4, -0.2) is 30.3 Å². The van der Waals surface area contributed by atoms with Crippen molar-refractivity contribution in [3.8, 4) is 0 Å². The minimum atomic E-state index is -0.920. The maximum absolute atomic E-state index is 11.0. The smallest absolute Gasteiger partial charge is 0.335 e. The van der Waals surface area contributed by atoms with Gasteiger partial charge in [0.15, 0.2) is 0 Å². The fourth-order valence-electron chi connectivity index (χ4n) is 2.12. The minimum Gasteiger partial charge on any atom is -0.478 e. The molecule has 0 radical (unpaired) electrons. The lowest BCUT2D eigenvalue weighted by Crippen LogP contribution is -2.26. The molecule has 1 aliphatic rings. The van der Waals surface area contributed by atoms with Gasteiger partial charge in [-0.3, -0.25) is 0 Å². The quantitative estimate of drug-likeness (QED) is 0.897. The number of ether oxygens (including phenoxy) is 1. The first-order valence-corrected chi connectivity index (χ1v) is 6.73. The van der Waals surface area contributed by atoms with Crippen LogP contribution in [-0.2, 0) is 4.74 Å². The van der Waals surface area contributed by atoms with Crippen molar-refractivity contribution in [2.24, 2.45) is 5.92 Å². The highest BCUT2D eigenvalue weighted by Crippen LogP contribution is 2.24. The monoisotopic (exact) mass is 313 g/mol. The molecule has 18 heavy (non-hydrogen) atoms. The summed E-state index contributed by atoms with van der Waals surface area (Å²) in [5.41, 5.74) is 1.10. The third kappa shape index (κ3) is 3.23. The van der Waals surface area contributed by atoms with Gasteiger partial charge in [-0.25, -0.2) is 4.79 Å². The molecule has 1 heterocycles. The normalized spacial score (nSPS) is 20.7. The van der Waals surface area contributed by atoms with Crippen LogP contribution in [0.25, 0.3) is 0 Å². The zero-order valence-electron chi connectivity index (χ0n) is 10.1. The number of aromatic carboxylic acids is 1. The first-order chi connectivity index (χ1) is 8.56. The van der Waals surface area contributed by atoms with E-state index in [1.165, 1.54) is 0 Å².